The number of H-pyrrole nitrogens is 1. The number of benzene rings is 2. The van der Waals surface area contributed by atoms with E-state index in [-0.39, 0.29) is 28.4 Å². The van der Waals surface area contributed by atoms with E-state index in [0.717, 1.165) is 22.4 Å². The molecule has 0 saturated heterocycles. The van der Waals surface area contributed by atoms with Gasteiger partial charge in [0.2, 0.25) is 5.91 Å². The summed E-state index contributed by atoms with van der Waals surface area (Å²) in [5.74, 6) is -0.103. The van der Waals surface area contributed by atoms with E-state index in [0.29, 0.717) is 41.3 Å². The number of carbonyl (C=O) groups excluding carboxylic acids is 1. The first-order valence-corrected chi connectivity index (χ1v) is 11.8. The van der Waals surface area contributed by atoms with Crippen molar-refractivity contribution in [1.29, 1.82) is 0 Å². The highest BCUT2D eigenvalue weighted by atomic mass is 35.5. The van der Waals surface area contributed by atoms with Crippen molar-refractivity contribution >= 4 is 39.9 Å². The number of phenols is 1. The first-order valence-electron chi connectivity index (χ1n) is 11.4. The number of aromatic amines is 1. The van der Waals surface area contributed by atoms with Crippen LogP contribution in [0.25, 0.3) is 27.7 Å². The number of phenolic OH excluding ortho intramolecular Hbond substituents is 1. The lowest BCUT2D eigenvalue weighted by atomic mass is 9.86. The average Bonchev–Trinajstić information content (AvgIpc) is 3.17. The summed E-state index contributed by atoms with van der Waals surface area (Å²) >= 11 is 6.36. The number of nitrogens with two attached hydrogens (primary N) is 1. The van der Waals surface area contributed by atoms with Gasteiger partial charge in [-0.3, -0.25) is 9.59 Å². The van der Waals surface area contributed by atoms with Crippen molar-refractivity contribution in [2.45, 2.75) is 12.8 Å². The van der Waals surface area contributed by atoms with Gasteiger partial charge in [0.05, 0.1) is 10.7 Å². The third kappa shape index (κ3) is 4.12. The Bertz CT molecular complexity index is 1600. The molecule has 10 heteroatoms. The smallest absolute Gasteiger partial charge is 0.261 e. The molecule has 5 rings (SSSR count). The molecule has 9 nitrogen and oxygen atoms in total. The normalized spacial score (nSPS) is 12.8. The lowest BCUT2D eigenvalue weighted by Gasteiger charge is -2.22. The summed E-state index contributed by atoms with van der Waals surface area (Å²) in [5.41, 5.74) is 10.9. The number of aromatic nitrogens is 3. The number of hydrogen-bond donors (Lipinski definition) is 4. The number of halogens is 1. The molecule has 1 amide bonds. The SMILES string of the molecule is CN(C)C/C=C/C(=O)Nc1cccc2c1CCc1[nH]c(=O)c3c(N)n(-c4cc(O)ccc4Cl)nc3c1-2. The van der Waals surface area contributed by atoms with Crippen molar-refractivity contribution in [2.24, 2.45) is 0 Å². The summed E-state index contributed by atoms with van der Waals surface area (Å²) in [6.07, 6.45) is 4.52. The minimum Gasteiger partial charge on any atom is -0.508 e. The summed E-state index contributed by atoms with van der Waals surface area (Å²) in [6, 6.07) is 10.1. The number of aryl methyl sites for hydroxylation is 1. The van der Waals surface area contributed by atoms with Crippen LogP contribution < -0.4 is 16.6 Å². The third-order valence-electron chi connectivity index (χ3n) is 6.18. The van der Waals surface area contributed by atoms with E-state index in [4.69, 9.17) is 17.3 Å². The number of nitrogen functional groups attached to an aromatic ring is 1. The molecular formula is C26H25ClN6O3. The van der Waals surface area contributed by atoms with Gasteiger partial charge in [-0.15, -0.1) is 0 Å². The second-order valence-electron chi connectivity index (χ2n) is 8.95. The number of fused-ring (bicyclic) bond motifs is 5. The molecule has 0 atom stereocenters. The highest BCUT2D eigenvalue weighted by molar-refractivity contribution is 6.32. The van der Waals surface area contributed by atoms with Gasteiger partial charge in [0.15, 0.2) is 0 Å². The topological polar surface area (TPSA) is 129 Å². The van der Waals surface area contributed by atoms with E-state index in [1.54, 1.807) is 6.08 Å². The lowest BCUT2D eigenvalue weighted by molar-refractivity contribution is -0.111. The van der Waals surface area contributed by atoms with Crippen LogP contribution in [0.1, 0.15) is 11.3 Å². The van der Waals surface area contributed by atoms with Gasteiger partial charge >= 0.3 is 0 Å². The van der Waals surface area contributed by atoms with E-state index < -0.39 is 0 Å². The standard InChI is InChI=1S/C26H25ClN6O3/c1-32(2)12-4-7-21(35)29-18-6-3-5-16-15(18)9-11-19-22(16)24-23(26(36)30-19)25(28)33(31-24)20-13-14(34)8-10-17(20)27/h3-8,10,13,34H,9,11-12,28H2,1-2H3,(H,29,35)(H,30,36)/b7-4+. The number of nitrogens with zero attached hydrogens (tertiary/aromatic N) is 3. The second kappa shape index (κ2) is 9.18. The Kier molecular flexibility index (Phi) is 6.03. The molecule has 2 heterocycles. The Morgan fingerprint density at radius 1 is 1.31 bits per heavy atom. The molecule has 0 radical (unpaired) electrons. The Hall–Kier alpha value is -4.08. The Balaban J connectivity index is 1.64. The molecule has 184 valence electrons. The molecule has 0 saturated carbocycles. The number of nitrogens with one attached hydrogen (secondary N) is 2. The summed E-state index contributed by atoms with van der Waals surface area (Å²) in [7, 11) is 3.86. The fourth-order valence-corrected chi connectivity index (χ4v) is 4.76. The first-order chi connectivity index (χ1) is 17.2. The molecule has 5 N–H and O–H groups in total. The van der Waals surface area contributed by atoms with Crippen LogP contribution in [0.2, 0.25) is 5.02 Å². The van der Waals surface area contributed by atoms with Crippen LogP contribution >= 0.6 is 11.6 Å². The van der Waals surface area contributed by atoms with Gasteiger partial charge in [-0.1, -0.05) is 29.8 Å². The van der Waals surface area contributed by atoms with Crippen molar-refractivity contribution in [3.05, 3.63) is 75.2 Å². The molecule has 36 heavy (non-hydrogen) atoms. The molecule has 0 unspecified atom stereocenters. The van der Waals surface area contributed by atoms with Gasteiger partial charge in [0.1, 0.15) is 22.5 Å². The van der Waals surface area contributed by atoms with Crippen LogP contribution in [0.15, 0.2) is 53.3 Å². The molecule has 0 fully saturated rings. The van der Waals surface area contributed by atoms with Crippen molar-refractivity contribution < 1.29 is 9.90 Å². The molecular weight excluding hydrogens is 480 g/mol. The van der Waals surface area contributed by atoms with Crippen LogP contribution in [-0.4, -0.2) is 51.3 Å². The Morgan fingerprint density at radius 2 is 2.11 bits per heavy atom. The van der Waals surface area contributed by atoms with Crippen molar-refractivity contribution in [2.75, 3.05) is 31.7 Å². The molecule has 4 aromatic rings. The van der Waals surface area contributed by atoms with Crippen LogP contribution in [0, 0.1) is 0 Å². The van der Waals surface area contributed by atoms with Gasteiger partial charge < -0.3 is 26.0 Å². The highest BCUT2D eigenvalue weighted by Crippen LogP contribution is 2.41. The zero-order chi connectivity index (χ0) is 25.6. The predicted molar refractivity (Wildman–Crippen MR) is 142 cm³/mol. The zero-order valence-corrected chi connectivity index (χ0v) is 20.6. The minimum absolute atomic E-state index is 0.00495. The van der Waals surface area contributed by atoms with Crippen molar-refractivity contribution in [3.8, 4) is 22.6 Å². The molecule has 0 spiro atoms. The zero-order valence-electron chi connectivity index (χ0n) is 19.8. The fourth-order valence-electron chi connectivity index (χ4n) is 4.56. The third-order valence-corrected chi connectivity index (χ3v) is 6.50. The van der Waals surface area contributed by atoms with E-state index in [1.165, 1.54) is 29.0 Å². The van der Waals surface area contributed by atoms with Crippen LogP contribution in [0.5, 0.6) is 5.75 Å². The molecule has 1 aliphatic rings. The monoisotopic (exact) mass is 504 g/mol. The number of pyridine rings is 1. The molecule has 0 bridgehead atoms. The maximum atomic E-state index is 13.0. The number of carbonyl (C=O) groups is 1. The number of amides is 1. The predicted octanol–water partition coefficient (Wildman–Crippen LogP) is 3.48. The van der Waals surface area contributed by atoms with E-state index in [2.05, 4.69) is 15.4 Å². The quantitative estimate of drug-likeness (QED) is 0.308. The van der Waals surface area contributed by atoms with E-state index in [1.807, 2.05) is 37.2 Å². The fraction of sp³-hybridized carbons (Fsp3) is 0.192. The number of likely N-dealkylation sites (N-methyl/N-ethyl adjacent to an activating group) is 1. The van der Waals surface area contributed by atoms with Gasteiger partial charge in [-0.2, -0.15) is 5.10 Å². The van der Waals surface area contributed by atoms with Crippen LogP contribution in [0.4, 0.5) is 11.5 Å². The van der Waals surface area contributed by atoms with Crippen LogP contribution in [0.3, 0.4) is 0 Å². The number of hydrogen-bond acceptors (Lipinski definition) is 6. The number of anilines is 2. The largest absolute Gasteiger partial charge is 0.508 e. The van der Waals surface area contributed by atoms with Crippen LogP contribution in [-0.2, 0) is 17.6 Å². The molecule has 2 aromatic carbocycles. The van der Waals surface area contributed by atoms with Gasteiger partial charge in [0.25, 0.3) is 5.56 Å². The van der Waals surface area contributed by atoms with E-state index in [9.17, 15) is 14.7 Å². The van der Waals surface area contributed by atoms with Crippen molar-refractivity contribution in [3.63, 3.8) is 0 Å². The summed E-state index contributed by atoms with van der Waals surface area (Å²) in [4.78, 5) is 30.5. The number of rotatable bonds is 5. The second-order valence-corrected chi connectivity index (χ2v) is 9.36. The number of aromatic hydroxyl groups is 1. The highest BCUT2D eigenvalue weighted by Gasteiger charge is 2.27. The molecule has 0 aliphatic heterocycles. The van der Waals surface area contributed by atoms with E-state index >= 15 is 0 Å². The molecule has 2 aromatic heterocycles. The summed E-state index contributed by atoms with van der Waals surface area (Å²) < 4.78 is 1.37. The first kappa shape index (κ1) is 23.7. The Labute approximate surface area is 211 Å². The summed E-state index contributed by atoms with van der Waals surface area (Å²) in [5, 5.41) is 18.2. The lowest BCUT2D eigenvalue weighted by Crippen LogP contribution is -2.18. The average molecular weight is 505 g/mol. The maximum Gasteiger partial charge on any atom is 0.261 e. The van der Waals surface area contributed by atoms with Gasteiger partial charge in [0, 0.05) is 35.6 Å². The molecule has 1 aliphatic carbocycles. The van der Waals surface area contributed by atoms with Crippen molar-refractivity contribution in [1.82, 2.24) is 19.7 Å². The maximum absolute atomic E-state index is 13.0. The minimum atomic E-state index is -0.345. The van der Waals surface area contributed by atoms with Gasteiger partial charge in [-0.25, -0.2) is 4.68 Å². The Morgan fingerprint density at radius 3 is 2.89 bits per heavy atom. The van der Waals surface area contributed by atoms with Gasteiger partial charge in [-0.05, 0) is 56.3 Å². The summed E-state index contributed by atoms with van der Waals surface area (Å²) in [6.45, 7) is 0.659.